The predicted molar refractivity (Wildman–Crippen MR) is 120 cm³/mol. The van der Waals surface area contributed by atoms with Gasteiger partial charge in [0.1, 0.15) is 0 Å². The number of nitrogens with one attached hydrogen (secondary N) is 1. The van der Waals surface area contributed by atoms with Crippen LogP contribution in [0.25, 0.3) is 0 Å². The summed E-state index contributed by atoms with van der Waals surface area (Å²) in [5.41, 5.74) is 4.16. The number of dihydropyridines is 1. The van der Waals surface area contributed by atoms with Crippen molar-refractivity contribution in [2.45, 2.75) is 66.2 Å². The van der Waals surface area contributed by atoms with E-state index >= 15 is 0 Å². The number of hydrogen-bond acceptors (Lipinski definition) is 5. The molecule has 0 fully saturated rings. The van der Waals surface area contributed by atoms with Gasteiger partial charge in [0.2, 0.25) is 0 Å². The molecule has 0 bridgehead atoms. The molecule has 1 aromatic rings. The number of allylic oxidation sites excluding steroid dienone is 4. The Kier molecular flexibility index (Phi) is 5.27. The minimum Gasteiger partial charge on any atom is -0.493 e. The Labute approximate surface area is 184 Å². The van der Waals surface area contributed by atoms with Crippen LogP contribution in [0.2, 0.25) is 0 Å². The molecule has 0 amide bonds. The van der Waals surface area contributed by atoms with Gasteiger partial charge in [0.15, 0.2) is 23.1 Å². The molecule has 0 atom stereocenters. The van der Waals surface area contributed by atoms with E-state index in [1.807, 2.05) is 25.1 Å². The van der Waals surface area contributed by atoms with Crippen molar-refractivity contribution in [3.05, 3.63) is 46.3 Å². The van der Waals surface area contributed by atoms with Crippen LogP contribution in [0.3, 0.4) is 0 Å². The monoisotopic (exact) mass is 423 g/mol. The van der Waals surface area contributed by atoms with E-state index in [4.69, 9.17) is 9.47 Å². The molecular weight excluding hydrogens is 390 g/mol. The standard InChI is InChI=1S/C26H33NO4/c1-7-31-21-10-15(8-9-20(21)30-6)22-23-16(11-25(2,3)13-18(23)28)27-17-12-26(4,5)14-19(29)24(17)22/h8-10,22,27H,7,11-14H2,1-6H3. The van der Waals surface area contributed by atoms with Crippen LogP contribution >= 0.6 is 0 Å². The Morgan fingerprint density at radius 1 is 0.903 bits per heavy atom. The van der Waals surface area contributed by atoms with E-state index < -0.39 is 0 Å². The molecule has 1 heterocycles. The molecular formula is C26H33NO4. The highest BCUT2D eigenvalue weighted by molar-refractivity contribution is 6.06. The van der Waals surface area contributed by atoms with Crippen LogP contribution in [0.4, 0.5) is 0 Å². The van der Waals surface area contributed by atoms with Gasteiger partial charge in [0, 0.05) is 41.3 Å². The average Bonchev–Trinajstić information content (AvgIpc) is 2.64. The summed E-state index contributed by atoms with van der Waals surface area (Å²) in [6, 6.07) is 5.78. The molecule has 0 radical (unpaired) electrons. The van der Waals surface area contributed by atoms with Gasteiger partial charge in [-0.05, 0) is 48.3 Å². The van der Waals surface area contributed by atoms with Crippen LogP contribution < -0.4 is 14.8 Å². The molecule has 1 aliphatic heterocycles. The predicted octanol–water partition coefficient (Wildman–Crippen LogP) is 5.07. The van der Waals surface area contributed by atoms with Crippen molar-refractivity contribution in [2.75, 3.05) is 13.7 Å². The maximum absolute atomic E-state index is 13.4. The highest BCUT2D eigenvalue weighted by Gasteiger charge is 2.46. The molecule has 1 N–H and O–H groups in total. The lowest BCUT2D eigenvalue weighted by atomic mass is 9.64. The maximum atomic E-state index is 13.4. The molecule has 31 heavy (non-hydrogen) atoms. The first-order valence-corrected chi connectivity index (χ1v) is 11.2. The number of carbonyl (C=O) groups is 2. The molecule has 0 aromatic heterocycles. The lowest BCUT2D eigenvalue weighted by Crippen LogP contribution is -2.42. The second-order valence-electron chi connectivity index (χ2n) is 10.6. The molecule has 5 heteroatoms. The van der Waals surface area contributed by atoms with E-state index in [0.717, 1.165) is 40.9 Å². The third kappa shape index (κ3) is 3.90. The fourth-order valence-corrected chi connectivity index (χ4v) is 5.36. The zero-order valence-corrected chi connectivity index (χ0v) is 19.5. The summed E-state index contributed by atoms with van der Waals surface area (Å²) in [5.74, 6) is 1.18. The average molecular weight is 424 g/mol. The van der Waals surface area contributed by atoms with Gasteiger partial charge in [0.05, 0.1) is 13.7 Å². The molecule has 0 unspecified atom stereocenters. The number of benzene rings is 1. The zero-order chi connectivity index (χ0) is 22.6. The van der Waals surface area contributed by atoms with Gasteiger partial charge in [-0.25, -0.2) is 0 Å². The van der Waals surface area contributed by atoms with E-state index in [-0.39, 0.29) is 28.3 Å². The lowest BCUT2D eigenvalue weighted by molar-refractivity contribution is -0.119. The van der Waals surface area contributed by atoms with Crippen molar-refractivity contribution >= 4 is 11.6 Å². The van der Waals surface area contributed by atoms with E-state index in [1.165, 1.54) is 0 Å². The van der Waals surface area contributed by atoms with Gasteiger partial charge in [0.25, 0.3) is 0 Å². The van der Waals surface area contributed by atoms with Crippen LogP contribution in [0.1, 0.15) is 71.8 Å². The van der Waals surface area contributed by atoms with Crippen LogP contribution in [-0.4, -0.2) is 25.3 Å². The van der Waals surface area contributed by atoms with Gasteiger partial charge in [-0.15, -0.1) is 0 Å². The van der Waals surface area contributed by atoms with Crippen LogP contribution in [0.15, 0.2) is 40.7 Å². The number of rotatable bonds is 4. The summed E-state index contributed by atoms with van der Waals surface area (Å²) in [4.78, 5) is 26.8. The van der Waals surface area contributed by atoms with Crippen molar-refractivity contribution < 1.29 is 19.1 Å². The van der Waals surface area contributed by atoms with Crippen LogP contribution in [-0.2, 0) is 9.59 Å². The van der Waals surface area contributed by atoms with Gasteiger partial charge in [-0.2, -0.15) is 0 Å². The molecule has 2 aliphatic carbocycles. The molecule has 5 nitrogen and oxygen atoms in total. The number of hydrogen-bond donors (Lipinski definition) is 1. The Bertz CT molecular complexity index is 960. The first-order chi connectivity index (χ1) is 14.5. The smallest absolute Gasteiger partial charge is 0.162 e. The Morgan fingerprint density at radius 3 is 1.94 bits per heavy atom. The number of Topliss-reactive ketones (excluding diaryl/α,β-unsaturated/α-hetero) is 2. The zero-order valence-electron chi connectivity index (χ0n) is 19.5. The van der Waals surface area contributed by atoms with E-state index in [1.54, 1.807) is 7.11 Å². The van der Waals surface area contributed by atoms with Gasteiger partial charge >= 0.3 is 0 Å². The Hall–Kier alpha value is -2.56. The molecule has 0 saturated heterocycles. The second kappa shape index (κ2) is 7.54. The van der Waals surface area contributed by atoms with Crippen molar-refractivity contribution in [1.82, 2.24) is 5.32 Å². The third-order valence-electron chi connectivity index (χ3n) is 6.54. The molecule has 1 aromatic carbocycles. The molecule has 4 rings (SSSR count). The largest absolute Gasteiger partial charge is 0.493 e. The number of methoxy groups -OCH3 is 1. The van der Waals surface area contributed by atoms with Gasteiger partial charge < -0.3 is 14.8 Å². The first kappa shape index (κ1) is 21.7. The number of carbonyl (C=O) groups excluding carboxylic acids is 2. The quantitative estimate of drug-likeness (QED) is 0.733. The SMILES string of the molecule is CCOc1cc(C2C3=C(CC(C)(C)CC3=O)NC3=C2C(=O)CC(C)(C)C3)ccc1OC. The fraction of sp³-hybridized carbons (Fsp3) is 0.538. The summed E-state index contributed by atoms with van der Waals surface area (Å²) in [6.07, 6.45) is 2.57. The third-order valence-corrected chi connectivity index (χ3v) is 6.54. The van der Waals surface area contributed by atoms with Gasteiger partial charge in [-0.3, -0.25) is 9.59 Å². The number of ether oxygens (including phenoxy) is 2. The minimum absolute atomic E-state index is 0.101. The lowest BCUT2D eigenvalue weighted by Gasteiger charge is -2.44. The highest BCUT2D eigenvalue weighted by Crippen LogP contribution is 2.51. The summed E-state index contributed by atoms with van der Waals surface area (Å²) >= 11 is 0. The molecule has 0 saturated carbocycles. The summed E-state index contributed by atoms with van der Waals surface area (Å²) in [6.45, 7) is 11.0. The number of ketones is 2. The summed E-state index contributed by atoms with van der Waals surface area (Å²) < 4.78 is 11.3. The molecule has 166 valence electrons. The highest BCUT2D eigenvalue weighted by atomic mass is 16.5. The fourth-order valence-electron chi connectivity index (χ4n) is 5.36. The molecule has 0 spiro atoms. The Balaban J connectivity index is 1.91. The van der Waals surface area contributed by atoms with Gasteiger partial charge in [-0.1, -0.05) is 33.8 Å². The van der Waals surface area contributed by atoms with Crippen LogP contribution in [0, 0.1) is 10.8 Å². The van der Waals surface area contributed by atoms with Crippen molar-refractivity contribution in [3.8, 4) is 11.5 Å². The van der Waals surface area contributed by atoms with E-state index in [0.29, 0.717) is 30.9 Å². The van der Waals surface area contributed by atoms with E-state index in [9.17, 15) is 9.59 Å². The second-order valence-corrected chi connectivity index (χ2v) is 10.6. The van der Waals surface area contributed by atoms with Crippen molar-refractivity contribution in [2.24, 2.45) is 10.8 Å². The maximum Gasteiger partial charge on any atom is 0.162 e. The van der Waals surface area contributed by atoms with Crippen molar-refractivity contribution in [1.29, 1.82) is 0 Å². The van der Waals surface area contributed by atoms with E-state index in [2.05, 4.69) is 33.0 Å². The Morgan fingerprint density at radius 2 is 1.45 bits per heavy atom. The normalized spacial score (nSPS) is 22.6. The summed E-state index contributed by atoms with van der Waals surface area (Å²) in [7, 11) is 1.61. The topological polar surface area (TPSA) is 64.6 Å². The molecule has 3 aliphatic rings. The van der Waals surface area contributed by atoms with Crippen molar-refractivity contribution in [3.63, 3.8) is 0 Å². The minimum atomic E-state index is -0.358. The first-order valence-electron chi connectivity index (χ1n) is 11.2. The van der Waals surface area contributed by atoms with Crippen LogP contribution in [0.5, 0.6) is 11.5 Å². The summed E-state index contributed by atoms with van der Waals surface area (Å²) in [5, 5.41) is 3.55.